The van der Waals surface area contributed by atoms with Crippen molar-refractivity contribution in [1.29, 1.82) is 5.26 Å². The number of nitro benzene ring substituents is 1. The van der Waals surface area contributed by atoms with E-state index in [0.29, 0.717) is 0 Å². The van der Waals surface area contributed by atoms with Crippen molar-refractivity contribution in [2.45, 2.75) is 13.0 Å². The molecule has 0 aromatic heterocycles. The van der Waals surface area contributed by atoms with Gasteiger partial charge in [-0.25, -0.2) is 4.79 Å². The van der Waals surface area contributed by atoms with Crippen molar-refractivity contribution in [2.24, 2.45) is 0 Å². The minimum Gasteiger partial charge on any atom is -0.478 e. The fraction of sp³-hybridized carbons (Fsp3) is 0.200. The summed E-state index contributed by atoms with van der Waals surface area (Å²) in [6, 6.07) is 4.94. The van der Waals surface area contributed by atoms with E-state index in [2.05, 4.69) is 0 Å². The van der Waals surface area contributed by atoms with Gasteiger partial charge in [-0.05, 0) is 13.0 Å². The highest BCUT2D eigenvalue weighted by Crippen LogP contribution is 2.25. The molecule has 17 heavy (non-hydrogen) atoms. The van der Waals surface area contributed by atoms with E-state index in [1.807, 2.05) is 0 Å². The number of benzene rings is 1. The fourth-order valence-corrected chi connectivity index (χ4v) is 1.12. The Bertz CT molecular complexity index is 506. The third kappa shape index (κ3) is 2.92. The van der Waals surface area contributed by atoms with E-state index in [1.54, 1.807) is 6.07 Å². The van der Waals surface area contributed by atoms with Crippen molar-refractivity contribution in [3.8, 4) is 11.8 Å². The van der Waals surface area contributed by atoms with Crippen molar-refractivity contribution in [1.82, 2.24) is 0 Å². The second kappa shape index (κ2) is 4.94. The Hall–Kier alpha value is -2.62. The summed E-state index contributed by atoms with van der Waals surface area (Å²) in [6.45, 7) is 1.44. The molecule has 0 bridgehead atoms. The highest BCUT2D eigenvalue weighted by Gasteiger charge is 2.18. The highest BCUT2D eigenvalue weighted by atomic mass is 16.6. The molecule has 0 saturated carbocycles. The summed E-state index contributed by atoms with van der Waals surface area (Å²) in [7, 11) is 0. The first-order valence-corrected chi connectivity index (χ1v) is 4.53. The zero-order valence-corrected chi connectivity index (χ0v) is 8.78. The molecule has 0 radical (unpaired) electrons. The summed E-state index contributed by atoms with van der Waals surface area (Å²) >= 11 is 0. The normalized spacial score (nSPS) is 11.3. The topological polar surface area (TPSA) is 113 Å². The number of hydrogen-bond donors (Lipinski definition) is 1. The molecule has 0 aliphatic heterocycles. The molecule has 1 aromatic carbocycles. The molecule has 0 aliphatic carbocycles. The van der Waals surface area contributed by atoms with E-state index >= 15 is 0 Å². The van der Waals surface area contributed by atoms with Crippen LogP contribution in [0.5, 0.6) is 5.75 Å². The van der Waals surface area contributed by atoms with Crippen LogP contribution in [0.25, 0.3) is 0 Å². The van der Waals surface area contributed by atoms with Gasteiger partial charge in [-0.3, -0.25) is 10.1 Å². The molecular weight excluding hydrogens is 228 g/mol. The predicted octanol–water partition coefficient (Wildman–Crippen LogP) is 1.58. The van der Waals surface area contributed by atoms with E-state index in [4.69, 9.17) is 15.1 Å². The van der Waals surface area contributed by atoms with Crippen LogP contribution in [-0.4, -0.2) is 22.1 Å². The van der Waals surface area contributed by atoms with Crippen molar-refractivity contribution in [3.63, 3.8) is 0 Å². The second-order valence-electron chi connectivity index (χ2n) is 3.13. The molecule has 1 atom stereocenters. The molecule has 0 spiro atoms. The average molecular weight is 236 g/mol. The molecule has 88 valence electrons. The van der Waals surface area contributed by atoms with Crippen molar-refractivity contribution < 1.29 is 19.6 Å². The van der Waals surface area contributed by atoms with E-state index in [-0.39, 0.29) is 17.0 Å². The minimum atomic E-state index is -1.35. The molecule has 7 nitrogen and oxygen atoms in total. The number of nitro groups is 1. The lowest BCUT2D eigenvalue weighted by atomic mass is 10.2. The third-order valence-electron chi connectivity index (χ3n) is 1.89. The van der Waals surface area contributed by atoms with Gasteiger partial charge in [0.25, 0.3) is 5.69 Å². The van der Waals surface area contributed by atoms with Crippen LogP contribution in [-0.2, 0) is 0 Å². The Morgan fingerprint density at radius 2 is 2.29 bits per heavy atom. The first-order chi connectivity index (χ1) is 7.95. The standard InChI is InChI=1S/C10H8N2O5/c1-6(5-11)17-9-3-2-7(12(15)16)4-8(9)10(13)14/h2-4,6H,1H3,(H,13,14). The molecule has 1 aromatic rings. The van der Waals surface area contributed by atoms with Crippen LogP contribution in [0.2, 0.25) is 0 Å². The summed E-state index contributed by atoms with van der Waals surface area (Å²) in [5.74, 6) is -1.43. The van der Waals surface area contributed by atoms with Gasteiger partial charge in [-0.15, -0.1) is 0 Å². The van der Waals surface area contributed by atoms with Crippen LogP contribution in [0.4, 0.5) is 5.69 Å². The molecule has 1 rings (SSSR count). The third-order valence-corrected chi connectivity index (χ3v) is 1.89. The molecule has 7 heteroatoms. The van der Waals surface area contributed by atoms with Gasteiger partial charge in [0.15, 0.2) is 6.10 Å². The van der Waals surface area contributed by atoms with Gasteiger partial charge in [-0.1, -0.05) is 0 Å². The number of hydrogen-bond acceptors (Lipinski definition) is 5. The monoisotopic (exact) mass is 236 g/mol. The predicted molar refractivity (Wildman–Crippen MR) is 55.8 cm³/mol. The SMILES string of the molecule is CC(C#N)Oc1ccc([N+](=O)[O-])cc1C(=O)O. The molecule has 0 heterocycles. The van der Waals surface area contributed by atoms with Gasteiger partial charge in [0, 0.05) is 12.1 Å². The molecule has 0 amide bonds. The van der Waals surface area contributed by atoms with Crippen LogP contribution >= 0.6 is 0 Å². The Labute approximate surface area is 96.0 Å². The Morgan fingerprint density at radius 1 is 1.65 bits per heavy atom. The lowest BCUT2D eigenvalue weighted by molar-refractivity contribution is -0.384. The number of ether oxygens (including phenoxy) is 1. The number of carboxylic acids is 1. The van der Waals surface area contributed by atoms with Gasteiger partial charge < -0.3 is 9.84 Å². The Kier molecular flexibility index (Phi) is 3.62. The van der Waals surface area contributed by atoms with Crippen LogP contribution in [0.15, 0.2) is 18.2 Å². The quantitative estimate of drug-likeness (QED) is 0.627. The molecule has 0 fully saturated rings. The smallest absolute Gasteiger partial charge is 0.339 e. The fourth-order valence-electron chi connectivity index (χ4n) is 1.12. The van der Waals surface area contributed by atoms with Crippen molar-refractivity contribution >= 4 is 11.7 Å². The second-order valence-corrected chi connectivity index (χ2v) is 3.13. The first kappa shape index (κ1) is 12.4. The summed E-state index contributed by atoms with van der Waals surface area (Å²) < 4.78 is 5.03. The molecule has 1 unspecified atom stereocenters. The zero-order valence-electron chi connectivity index (χ0n) is 8.78. The maximum Gasteiger partial charge on any atom is 0.339 e. The molecule has 1 N–H and O–H groups in total. The van der Waals surface area contributed by atoms with E-state index in [1.165, 1.54) is 6.92 Å². The van der Waals surface area contributed by atoms with Crippen LogP contribution in [0, 0.1) is 21.4 Å². The van der Waals surface area contributed by atoms with Gasteiger partial charge in [0.1, 0.15) is 17.4 Å². The van der Waals surface area contributed by atoms with Crippen molar-refractivity contribution in [3.05, 3.63) is 33.9 Å². The maximum atomic E-state index is 10.9. The summed E-state index contributed by atoms with van der Waals surface area (Å²) in [4.78, 5) is 20.7. The number of nitrogens with zero attached hydrogens (tertiary/aromatic N) is 2. The average Bonchev–Trinajstić information content (AvgIpc) is 2.28. The van der Waals surface area contributed by atoms with E-state index in [0.717, 1.165) is 18.2 Å². The molecule has 0 saturated heterocycles. The lowest BCUT2D eigenvalue weighted by Crippen LogP contribution is -2.11. The van der Waals surface area contributed by atoms with Crippen LogP contribution in [0.1, 0.15) is 17.3 Å². The summed E-state index contributed by atoms with van der Waals surface area (Å²) in [6.07, 6.45) is -0.838. The number of carboxylic acid groups (broad SMARTS) is 1. The Balaban J connectivity index is 3.18. The van der Waals surface area contributed by atoms with Crippen LogP contribution < -0.4 is 4.74 Å². The number of non-ortho nitro benzene ring substituents is 1. The number of rotatable bonds is 4. The Morgan fingerprint density at radius 3 is 2.76 bits per heavy atom. The number of aromatic carboxylic acids is 1. The highest BCUT2D eigenvalue weighted by molar-refractivity contribution is 5.91. The molecular formula is C10H8N2O5. The maximum absolute atomic E-state index is 10.9. The minimum absolute atomic E-state index is 0.0721. The lowest BCUT2D eigenvalue weighted by Gasteiger charge is -2.09. The van der Waals surface area contributed by atoms with Gasteiger partial charge >= 0.3 is 5.97 Å². The van der Waals surface area contributed by atoms with E-state index < -0.39 is 17.0 Å². The number of carbonyl (C=O) groups is 1. The van der Waals surface area contributed by atoms with E-state index in [9.17, 15) is 14.9 Å². The van der Waals surface area contributed by atoms with Gasteiger partial charge in [0.2, 0.25) is 0 Å². The summed E-state index contributed by atoms with van der Waals surface area (Å²) in [5.41, 5.74) is -0.694. The first-order valence-electron chi connectivity index (χ1n) is 4.53. The number of nitriles is 1. The van der Waals surface area contributed by atoms with Crippen LogP contribution in [0.3, 0.4) is 0 Å². The molecule has 0 aliphatic rings. The van der Waals surface area contributed by atoms with Gasteiger partial charge in [0.05, 0.1) is 4.92 Å². The van der Waals surface area contributed by atoms with Gasteiger partial charge in [-0.2, -0.15) is 5.26 Å². The largest absolute Gasteiger partial charge is 0.478 e. The summed E-state index contributed by atoms with van der Waals surface area (Å²) in [5, 5.41) is 27.9. The zero-order chi connectivity index (χ0) is 13.0. The van der Waals surface area contributed by atoms with Crippen molar-refractivity contribution in [2.75, 3.05) is 0 Å².